The maximum absolute atomic E-state index is 12.4. The molecule has 1 aliphatic carbocycles. The second-order valence-electron chi connectivity index (χ2n) is 6.12. The van der Waals surface area contributed by atoms with Gasteiger partial charge in [0, 0.05) is 31.6 Å². The van der Waals surface area contributed by atoms with Gasteiger partial charge >= 0.3 is 0 Å². The van der Waals surface area contributed by atoms with Gasteiger partial charge in [0.1, 0.15) is 6.61 Å². The average Bonchev–Trinajstić information content (AvgIpc) is 3.39. The van der Waals surface area contributed by atoms with Crippen molar-refractivity contribution >= 4 is 5.91 Å². The molecule has 2 aliphatic rings. The standard InChI is InChI=1S/C17H24N2O3/c20-17(13-21-12-16-5-1-2-9-22-16)19(15-6-7-15)11-14-4-3-8-18-10-14/h3-4,8,10,15-16H,1-2,5-7,9,11-13H2/t16-/m1/s1. The van der Waals surface area contributed by atoms with E-state index in [1.165, 1.54) is 6.42 Å². The quantitative estimate of drug-likeness (QED) is 0.774. The molecule has 1 saturated carbocycles. The molecule has 0 bridgehead atoms. The summed E-state index contributed by atoms with van der Waals surface area (Å²) in [6.45, 7) is 2.12. The Morgan fingerprint density at radius 2 is 2.27 bits per heavy atom. The van der Waals surface area contributed by atoms with Crippen molar-refractivity contribution in [2.75, 3.05) is 19.8 Å². The first-order valence-electron chi connectivity index (χ1n) is 8.20. The molecule has 22 heavy (non-hydrogen) atoms. The van der Waals surface area contributed by atoms with Crippen molar-refractivity contribution in [2.24, 2.45) is 0 Å². The second kappa shape index (κ2) is 7.70. The van der Waals surface area contributed by atoms with Gasteiger partial charge in [0.15, 0.2) is 0 Å². The van der Waals surface area contributed by atoms with Crippen molar-refractivity contribution in [2.45, 2.75) is 50.8 Å². The predicted molar refractivity (Wildman–Crippen MR) is 82.2 cm³/mol. The molecule has 0 radical (unpaired) electrons. The molecular weight excluding hydrogens is 280 g/mol. The molecule has 3 rings (SSSR count). The highest BCUT2D eigenvalue weighted by molar-refractivity contribution is 5.78. The highest BCUT2D eigenvalue weighted by atomic mass is 16.5. The van der Waals surface area contributed by atoms with Gasteiger partial charge in [-0.2, -0.15) is 0 Å². The fourth-order valence-corrected chi connectivity index (χ4v) is 2.79. The van der Waals surface area contributed by atoms with Crippen molar-refractivity contribution in [1.82, 2.24) is 9.88 Å². The largest absolute Gasteiger partial charge is 0.376 e. The van der Waals surface area contributed by atoms with Gasteiger partial charge in [-0.3, -0.25) is 9.78 Å². The highest BCUT2D eigenvalue weighted by Crippen LogP contribution is 2.28. The van der Waals surface area contributed by atoms with E-state index in [4.69, 9.17) is 9.47 Å². The minimum atomic E-state index is 0.0714. The van der Waals surface area contributed by atoms with E-state index in [9.17, 15) is 4.79 Å². The van der Waals surface area contributed by atoms with E-state index in [0.717, 1.165) is 37.9 Å². The fourth-order valence-electron chi connectivity index (χ4n) is 2.79. The number of ether oxygens (including phenoxy) is 2. The van der Waals surface area contributed by atoms with E-state index in [-0.39, 0.29) is 18.6 Å². The molecule has 0 unspecified atom stereocenters. The number of aromatic nitrogens is 1. The number of amides is 1. The van der Waals surface area contributed by atoms with Gasteiger partial charge in [-0.1, -0.05) is 6.07 Å². The molecule has 0 aromatic carbocycles. The van der Waals surface area contributed by atoms with Gasteiger partial charge < -0.3 is 14.4 Å². The molecule has 5 nitrogen and oxygen atoms in total. The lowest BCUT2D eigenvalue weighted by Gasteiger charge is -2.24. The lowest BCUT2D eigenvalue weighted by atomic mass is 10.1. The number of hydrogen-bond acceptors (Lipinski definition) is 4. The van der Waals surface area contributed by atoms with Gasteiger partial charge in [-0.25, -0.2) is 0 Å². The molecule has 1 aromatic heterocycles. The molecule has 1 atom stereocenters. The van der Waals surface area contributed by atoms with Crippen LogP contribution >= 0.6 is 0 Å². The molecule has 1 saturated heterocycles. The van der Waals surface area contributed by atoms with Crippen LogP contribution in [0.5, 0.6) is 0 Å². The zero-order valence-electron chi connectivity index (χ0n) is 12.9. The minimum absolute atomic E-state index is 0.0714. The number of carbonyl (C=O) groups is 1. The molecule has 120 valence electrons. The van der Waals surface area contributed by atoms with Crippen molar-refractivity contribution in [3.63, 3.8) is 0 Å². The van der Waals surface area contributed by atoms with E-state index in [1.54, 1.807) is 6.20 Å². The first-order chi connectivity index (χ1) is 10.8. The normalized spacial score (nSPS) is 21.5. The number of nitrogens with zero attached hydrogens (tertiary/aromatic N) is 2. The van der Waals surface area contributed by atoms with E-state index < -0.39 is 0 Å². The molecule has 0 N–H and O–H groups in total. The van der Waals surface area contributed by atoms with Crippen LogP contribution in [0.25, 0.3) is 0 Å². The molecule has 2 fully saturated rings. The monoisotopic (exact) mass is 304 g/mol. The van der Waals surface area contributed by atoms with Crippen LogP contribution < -0.4 is 0 Å². The third-order valence-corrected chi connectivity index (χ3v) is 4.19. The molecule has 5 heteroatoms. The minimum Gasteiger partial charge on any atom is -0.376 e. The summed E-state index contributed by atoms with van der Waals surface area (Å²) >= 11 is 0. The van der Waals surface area contributed by atoms with Gasteiger partial charge in [-0.05, 0) is 43.7 Å². The topological polar surface area (TPSA) is 51.7 Å². The van der Waals surface area contributed by atoms with Gasteiger partial charge in [0.2, 0.25) is 5.91 Å². The number of rotatable bonds is 7. The summed E-state index contributed by atoms with van der Waals surface area (Å²) < 4.78 is 11.2. The maximum Gasteiger partial charge on any atom is 0.249 e. The molecular formula is C17H24N2O3. The summed E-state index contributed by atoms with van der Waals surface area (Å²) in [6.07, 6.45) is 9.28. The molecule has 0 spiro atoms. The van der Waals surface area contributed by atoms with E-state index >= 15 is 0 Å². The Hall–Kier alpha value is -1.46. The summed E-state index contributed by atoms with van der Waals surface area (Å²) in [5, 5.41) is 0. The van der Waals surface area contributed by atoms with Crippen LogP contribution in [0.2, 0.25) is 0 Å². The summed E-state index contributed by atoms with van der Waals surface area (Å²) in [6, 6.07) is 4.29. The summed E-state index contributed by atoms with van der Waals surface area (Å²) in [7, 11) is 0. The number of pyridine rings is 1. The van der Waals surface area contributed by atoms with Crippen molar-refractivity contribution in [3.8, 4) is 0 Å². The van der Waals surface area contributed by atoms with Crippen molar-refractivity contribution < 1.29 is 14.3 Å². The molecule has 2 heterocycles. The Bertz CT molecular complexity index is 470. The van der Waals surface area contributed by atoms with Crippen LogP contribution in [0.15, 0.2) is 24.5 Å². The molecule has 1 aliphatic heterocycles. The van der Waals surface area contributed by atoms with E-state index in [0.29, 0.717) is 19.2 Å². The van der Waals surface area contributed by atoms with Crippen LogP contribution in [-0.4, -0.2) is 47.8 Å². The van der Waals surface area contributed by atoms with Crippen LogP contribution in [0.3, 0.4) is 0 Å². The summed E-state index contributed by atoms with van der Waals surface area (Å²) in [4.78, 5) is 18.5. The highest BCUT2D eigenvalue weighted by Gasteiger charge is 2.32. The van der Waals surface area contributed by atoms with Crippen LogP contribution in [-0.2, 0) is 20.8 Å². The predicted octanol–water partition coefficient (Wildman–Crippen LogP) is 2.16. The molecule has 1 aromatic rings. The smallest absolute Gasteiger partial charge is 0.249 e. The SMILES string of the molecule is O=C(COC[C@H]1CCCCO1)N(Cc1cccnc1)C1CC1. The molecule has 1 amide bonds. The summed E-state index contributed by atoms with van der Waals surface area (Å²) in [5.74, 6) is 0.0714. The Balaban J connectivity index is 1.45. The van der Waals surface area contributed by atoms with E-state index in [1.807, 2.05) is 23.2 Å². The Morgan fingerprint density at radius 3 is 2.95 bits per heavy atom. The second-order valence-corrected chi connectivity index (χ2v) is 6.12. The first-order valence-corrected chi connectivity index (χ1v) is 8.20. The Labute approximate surface area is 131 Å². The first kappa shape index (κ1) is 15.4. The number of hydrogen-bond donors (Lipinski definition) is 0. The zero-order valence-corrected chi connectivity index (χ0v) is 12.9. The fraction of sp³-hybridized carbons (Fsp3) is 0.647. The average molecular weight is 304 g/mol. The Kier molecular flexibility index (Phi) is 5.40. The van der Waals surface area contributed by atoms with E-state index in [2.05, 4.69) is 4.98 Å². The van der Waals surface area contributed by atoms with Crippen LogP contribution in [0.4, 0.5) is 0 Å². The van der Waals surface area contributed by atoms with Crippen LogP contribution in [0, 0.1) is 0 Å². The lowest BCUT2D eigenvalue weighted by Crippen LogP contribution is -2.36. The van der Waals surface area contributed by atoms with Gasteiger partial charge in [0.25, 0.3) is 0 Å². The van der Waals surface area contributed by atoms with Crippen molar-refractivity contribution in [3.05, 3.63) is 30.1 Å². The zero-order chi connectivity index (χ0) is 15.2. The van der Waals surface area contributed by atoms with Gasteiger partial charge in [0.05, 0.1) is 12.7 Å². The maximum atomic E-state index is 12.4. The van der Waals surface area contributed by atoms with Crippen LogP contribution in [0.1, 0.15) is 37.7 Å². The third-order valence-electron chi connectivity index (χ3n) is 4.19. The lowest BCUT2D eigenvalue weighted by molar-refractivity contribution is -0.139. The van der Waals surface area contributed by atoms with Gasteiger partial charge in [-0.15, -0.1) is 0 Å². The summed E-state index contributed by atoms with van der Waals surface area (Å²) in [5.41, 5.74) is 1.07. The third kappa shape index (κ3) is 4.52. The number of carbonyl (C=O) groups excluding carboxylic acids is 1. The Morgan fingerprint density at radius 1 is 1.36 bits per heavy atom. The van der Waals surface area contributed by atoms with Crippen molar-refractivity contribution in [1.29, 1.82) is 0 Å².